The zero-order valence-electron chi connectivity index (χ0n) is 15.4. The average Bonchev–Trinajstić information content (AvgIpc) is 2.55. The van der Waals surface area contributed by atoms with Gasteiger partial charge in [-0.05, 0) is 64.4 Å². The van der Waals surface area contributed by atoms with E-state index in [2.05, 4.69) is 10.3 Å². The molecule has 0 aliphatic carbocycles. The second-order valence-electron chi connectivity index (χ2n) is 6.87. The minimum Gasteiger partial charge on any atom is -0.494 e. The Kier molecular flexibility index (Phi) is 5.72. The van der Waals surface area contributed by atoms with Crippen molar-refractivity contribution in [3.63, 3.8) is 0 Å². The summed E-state index contributed by atoms with van der Waals surface area (Å²) in [5.74, 6) is 0.832. The number of rotatable bonds is 6. The van der Waals surface area contributed by atoms with Crippen molar-refractivity contribution in [3.05, 3.63) is 48.2 Å². The maximum absolute atomic E-state index is 12.4. The summed E-state index contributed by atoms with van der Waals surface area (Å²) in [7, 11) is -3.44. The van der Waals surface area contributed by atoms with Crippen molar-refractivity contribution in [2.24, 2.45) is 0 Å². The van der Waals surface area contributed by atoms with Crippen molar-refractivity contribution in [1.29, 1.82) is 0 Å². The zero-order chi connectivity index (χ0) is 18.7. The second-order valence-corrected chi connectivity index (χ2v) is 9.52. The number of sulfone groups is 1. The largest absolute Gasteiger partial charge is 0.494 e. The molecule has 1 aromatic heterocycles. The molecule has 0 spiro atoms. The Hall–Kier alpha value is -2.08. The van der Waals surface area contributed by atoms with Crippen molar-refractivity contribution < 1.29 is 13.2 Å². The van der Waals surface area contributed by atoms with Crippen LogP contribution in [0.2, 0.25) is 0 Å². The van der Waals surface area contributed by atoms with E-state index in [-0.39, 0.29) is 11.1 Å². The molecule has 0 amide bonds. The summed E-state index contributed by atoms with van der Waals surface area (Å²) in [6.07, 6.45) is 1.56. The number of anilines is 1. The van der Waals surface area contributed by atoms with E-state index in [0.29, 0.717) is 6.61 Å². The Labute approximate surface area is 150 Å². The van der Waals surface area contributed by atoms with Gasteiger partial charge in [0.2, 0.25) is 0 Å². The van der Waals surface area contributed by atoms with Crippen molar-refractivity contribution in [2.45, 2.75) is 50.4 Å². The highest BCUT2D eigenvalue weighted by Crippen LogP contribution is 2.26. The molecular formula is C19H26N2O3S. The highest BCUT2D eigenvalue weighted by atomic mass is 32.2. The molecule has 0 saturated carbocycles. The first-order valence-electron chi connectivity index (χ1n) is 8.35. The molecule has 0 aliphatic heterocycles. The standard InChI is InChI=1S/C19H26N2O3S/c1-6-24-17-9-7-8-15(12-17)14(2)21-16-10-11-18(20-13-16)25(22,23)19(3,4)5/h7-14,21H,6H2,1-5H3. The van der Waals surface area contributed by atoms with Crippen molar-refractivity contribution >= 4 is 15.5 Å². The lowest BCUT2D eigenvalue weighted by atomic mass is 10.1. The smallest absolute Gasteiger partial charge is 0.200 e. The fraction of sp³-hybridized carbons (Fsp3) is 0.421. The van der Waals surface area contributed by atoms with Crippen molar-refractivity contribution in [3.8, 4) is 5.75 Å². The number of aromatic nitrogens is 1. The predicted molar refractivity (Wildman–Crippen MR) is 101 cm³/mol. The van der Waals surface area contributed by atoms with Crippen molar-refractivity contribution in [1.82, 2.24) is 4.98 Å². The van der Waals surface area contributed by atoms with E-state index < -0.39 is 14.6 Å². The van der Waals surface area contributed by atoms with Crippen LogP contribution in [-0.4, -0.2) is 24.8 Å². The number of hydrogen-bond acceptors (Lipinski definition) is 5. The normalized spacial score (nSPS) is 13.3. The van der Waals surface area contributed by atoms with Crippen LogP contribution in [0.5, 0.6) is 5.75 Å². The topological polar surface area (TPSA) is 68.3 Å². The van der Waals surface area contributed by atoms with Crippen molar-refractivity contribution in [2.75, 3.05) is 11.9 Å². The lowest BCUT2D eigenvalue weighted by Crippen LogP contribution is -2.28. The first kappa shape index (κ1) is 19.2. The number of nitrogens with zero attached hydrogens (tertiary/aromatic N) is 1. The number of ether oxygens (including phenoxy) is 1. The van der Waals surface area contributed by atoms with Gasteiger partial charge in [0.15, 0.2) is 14.9 Å². The number of nitrogens with one attached hydrogen (secondary N) is 1. The molecule has 25 heavy (non-hydrogen) atoms. The van der Waals surface area contributed by atoms with E-state index in [1.54, 1.807) is 39.1 Å². The Bertz CT molecular complexity index is 809. The van der Waals surface area contributed by atoms with E-state index in [1.807, 2.05) is 38.1 Å². The van der Waals surface area contributed by atoms with E-state index >= 15 is 0 Å². The maximum Gasteiger partial charge on any atom is 0.200 e. The molecule has 6 heteroatoms. The zero-order valence-corrected chi connectivity index (χ0v) is 16.2. The highest BCUT2D eigenvalue weighted by Gasteiger charge is 2.31. The Morgan fingerprint density at radius 3 is 2.48 bits per heavy atom. The molecule has 1 unspecified atom stereocenters. The molecule has 0 bridgehead atoms. The third-order valence-electron chi connectivity index (χ3n) is 3.87. The number of pyridine rings is 1. The van der Waals surface area contributed by atoms with Gasteiger partial charge in [-0.15, -0.1) is 0 Å². The van der Waals surface area contributed by atoms with Gasteiger partial charge in [-0.25, -0.2) is 13.4 Å². The molecule has 0 aliphatic rings. The van der Waals surface area contributed by atoms with E-state index in [9.17, 15) is 8.42 Å². The third-order valence-corrected chi connectivity index (χ3v) is 6.27. The van der Waals surface area contributed by atoms with Gasteiger partial charge in [0.1, 0.15) is 5.75 Å². The summed E-state index contributed by atoms with van der Waals surface area (Å²) in [4.78, 5) is 4.14. The molecule has 2 rings (SSSR count). The third kappa shape index (κ3) is 4.51. The molecular weight excluding hydrogens is 336 g/mol. The van der Waals surface area contributed by atoms with Gasteiger partial charge in [-0.1, -0.05) is 12.1 Å². The molecule has 1 atom stereocenters. The molecule has 0 saturated heterocycles. The number of hydrogen-bond donors (Lipinski definition) is 1. The average molecular weight is 362 g/mol. The lowest BCUT2D eigenvalue weighted by molar-refractivity contribution is 0.340. The first-order valence-corrected chi connectivity index (χ1v) is 9.83. The van der Waals surface area contributed by atoms with Gasteiger partial charge in [0, 0.05) is 6.04 Å². The summed E-state index contributed by atoms with van der Waals surface area (Å²) in [6.45, 7) is 9.62. The molecule has 0 radical (unpaired) electrons. The van der Waals surface area contributed by atoms with Crippen LogP contribution in [0.4, 0.5) is 5.69 Å². The van der Waals surface area contributed by atoms with E-state index in [1.165, 1.54) is 0 Å². The van der Waals surface area contributed by atoms with Crippen LogP contribution < -0.4 is 10.1 Å². The van der Waals surface area contributed by atoms with Gasteiger partial charge in [-0.3, -0.25) is 0 Å². The molecule has 1 N–H and O–H groups in total. The van der Waals surface area contributed by atoms with Gasteiger partial charge < -0.3 is 10.1 Å². The monoisotopic (exact) mass is 362 g/mol. The van der Waals surface area contributed by atoms with Gasteiger partial charge in [0.05, 0.1) is 23.2 Å². The minimum absolute atomic E-state index is 0.0345. The number of benzene rings is 1. The summed E-state index contributed by atoms with van der Waals surface area (Å²) < 4.78 is 29.5. The van der Waals surface area contributed by atoms with Crippen LogP contribution in [0, 0.1) is 0 Å². The van der Waals surface area contributed by atoms with E-state index in [0.717, 1.165) is 17.0 Å². The van der Waals surface area contributed by atoms with Crippen LogP contribution in [0.1, 0.15) is 46.2 Å². The lowest BCUT2D eigenvalue weighted by Gasteiger charge is -2.19. The van der Waals surface area contributed by atoms with Crippen LogP contribution in [-0.2, 0) is 9.84 Å². The van der Waals surface area contributed by atoms with Crippen LogP contribution in [0.15, 0.2) is 47.6 Å². The first-order chi connectivity index (χ1) is 11.6. The summed E-state index contributed by atoms with van der Waals surface area (Å²) in [6, 6.07) is 11.2. The highest BCUT2D eigenvalue weighted by molar-refractivity contribution is 7.92. The van der Waals surface area contributed by atoms with Crippen LogP contribution in [0.25, 0.3) is 0 Å². The molecule has 2 aromatic rings. The van der Waals surface area contributed by atoms with E-state index in [4.69, 9.17) is 4.74 Å². The summed E-state index contributed by atoms with van der Waals surface area (Å²) in [5.41, 5.74) is 1.85. The molecule has 1 aromatic carbocycles. The summed E-state index contributed by atoms with van der Waals surface area (Å²) in [5, 5.41) is 3.43. The van der Waals surface area contributed by atoms with Gasteiger partial charge >= 0.3 is 0 Å². The molecule has 5 nitrogen and oxygen atoms in total. The minimum atomic E-state index is -3.44. The molecule has 0 fully saturated rings. The van der Waals surface area contributed by atoms with Gasteiger partial charge in [0.25, 0.3) is 0 Å². The Morgan fingerprint density at radius 2 is 1.92 bits per heavy atom. The quantitative estimate of drug-likeness (QED) is 0.833. The van der Waals surface area contributed by atoms with Crippen LogP contribution in [0.3, 0.4) is 0 Å². The van der Waals surface area contributed by atoms with Gasteiger partial charge in [-0.2, -0.15) is 0 Å². The SMILES string of the molecule is CCOc1cccc(C(C)Nc2ccc(S(=O)(=O)C(C)(C)C)nc2)c1. The fourth-order valence-corrected chi connectivity index (χ4v) is 3.38. The fourth-order valence-electron chi connectivity index (χ4n) is 2.31. The maximum atomic E-state index is 12.4. The Morgan fingerprint density at radius 1 is 1.20 bits per heavy atom. The molecule has 1 heterocycles. The molecule has 136 valence electrons. The predicted octanol–water partition coefficient (Wildman–Crippen LogP) is 4.23. The summed E-state index contributed by atoms with van der Waals surface area (Å²) >= 11 is 0. The second kappa shape index (κ2) is 7.44. The van der Waals surface area contributed by atoms with Crippen LogP contribution >= 0.6 is 0 Å². The Balaban J connectivity index is 2.15.